The SMILES string of the molecule is O=C(CNC(=O)c1ccc(Br)o1)NCCOc1ccc2c(c1)OCO2. The molecule has 8 nitrogen and oxygen atoms in total. The van der Waals surface area contributed by atoms with Gasteiger partial charge in [-0.25, -0.2) is 0 Å². The van der Waals surface area contributed by atoms with Gasteiger partial charge in [0.15, 0.2) is 21.9 Å². The number of ether oxygens (including phenoxy) is 3. The summed E-state index contributed by atoms with van der Waals surface area (Å²) in [6.45, 7) is 0.636. The highest BCUT2D eigenvalue weighted by Gasteiger charge is 2.14. The molecule has 0 spiro atoms. The molecule has 1 aliphatic rings. The first-order chi connectivity index (χ1) is 12.1. The molecule has 1 aliphatic heterocycles. The monoisotopic (exact) mass is 410 g/mol. The van der Waals surface area contributed by atoms with E-state index in [1.54, 1.807) is 24.3 Å². The number of rotatable bonds is 7. The lowest BCUT2D eigenvalue weighted by Crippen LogP contribution is -2.38. The number of carbonyl (C=O) groups is 2. The highest BCUT2D eigenvalue weighted by molar-refractivity contribution is 9.10. The first-order valence-corrected chi connectivity index (χ1v) is 8.24. The first kappa shape index (κ1) is 17.2. The maximum atomic E-state index is 11.7. The Kier molecular flexibility index (Phi) is 5.44. The van der Waals surface area contributed by atoms with Gasteiger partial charge in [0.1, 0.15) is 12.4 Å². The molecule has 0 fully saturated rings. The lowest BCUT2D eigenvalue weighted by molar-refractivity contribution is -0.120. The van der Waals surface area contributed by atoms with Crippen LogP contribution in [0.4, 0.5) is 0 Å². The van der Waals surface area contributed by atoms with Crippen LogP contribution in [0.2, 0.25) is 0 Å². The minimum atomic E-state index is -0.461. The van der Waals surface area contributed by atoms with E-state index in [-0.39, 0.29) is 31.6 Å². The molecule has 2 aromatic rings. The van der Waals surface area contributed by atoms with Gasteiger partial charge in [-0.05, 0) is 40.2 Å². The van der Waals surface area contributed by atoms with Crippen molar-refractivity contribution in [3.8, 4) is 17.2 Å². The molecule has 9 heteroatoms. The lowest BCUT2D eigenvalue weighted by Gasteiger charge is -2.08. The second kappa shape index (κ2) is 7.93. The van der Waals surface area contributed by atoms with E-state index in [0.29, 0.717) is 28.5 Å². The molecular weight excluding hydrogens is 396 g/mol. The Balaban J connectivity index is 1.33. The average molecular weight is 411 g/mol. The van der Waals surface area contributed by atoms with Crippen molar-refractivity contribution in [2.24, 2.45) is 0 Å². The van der Waals surface area contributed by atoms with Crippen LogP contribution in [0.15, 0.2) is 39.4 Å². The predicted molar refractivity (Wildman–Crippen MR) is 89.8 cm³/mol. The van der Waals surface area contributed by atoms with Crippen LogP contribution in [0, 0.1) is 0 Å². The highest BCUT2D eigenvalue weighted by Crippen LogP contribution is 2.34. The summed E-state index contributed by atoms with van der Waals surface area (Å²) >= 11 is 3.10. The van der Waals surface area contributed by atoms with Crippen LogP contribution in [0.5, 0.6) is 17.2 Å². The van der Waals surface area contributed by atoms with Gasteiger partial charge in [0.05, 0.1) is 13.1 Å². The summed E-state index contributed by atoms with van der Waals surface area (Å²) < 4.78 is 21.5. The maximum Gasteiger partial charge on any atom is 0.287 e. The van der Waals surface area contributed by atoms with Crippen molar-refractivity contribution < 1.29 is 28.2 Å². The van der Waals surface area contributed by atoms with Gasteiger partial charge in [-0.3, -0.25) is 9.59 Å². The van der Waals surface area contributed by atoms with Gasteiger partial charge in [-0.1, -0.05) is 0 Å². The fourth-order valence-corrected chi connectivity index (χ4v) is 2.38. The van der Waals surface area contributed by atoms with E-state index in [2.05, 4.69) is 26.6 Å². The molecule has 132 valence electrons. The molecule has 0 radical (unpaired) electrons. The third kappa shape index (κ3) is 4.66. The van der Waals surface area contributed by atoms with E-state index in [0.717, 1.165) is 0 Å². The van der Waals surface area contributed by atoms with Gasteiger partial charge in [0, 0.05) is 6.07 Å². The summed E-state index contributed by atoms with van der Waals surface area (Å²) in [7, 11) is 0. The maximum absolute atomic E-state index is 11.7. The van der Waals surface area contributed by atoms with E-state index < -0.39 is 5.91 Å². The molecular formula is C16H15BrN2O6. The second-order valence-corrected chi connectivity index (χ2v) is 5.78. The van der Waals surface area contributed by atoms with E-state index in [1.807, 2.05) is 0 Å². The van der Waals surface area contributed by atoms with E-state index in [1.165, 1.54) is 6.07 Å². The predicted octanol–water partition coefficient (Wildman–Crippen LogP) is 1.70. The molecule has 0 unspecified atom stereocenters. The summed E-state index contributed by atoms with van der Waals surface area (Å²) in [6, 6.07) is 8.36. The number of carbonyl (C=O) groups excluding carboxylic acids is 2. The van der Waals surface area contributed by atoms with Crippen LogP contribution < -0.4 is 24.8 Å². The van der Waals surface area contributed by atoms with Crippen molar-refractivity contribution in [1.29, 1.82) is 0 Å². The second-order valence-electron chi connectivity index (χ2n) is 5.00. The Labute approximate surface area is 151 Å². The van der Waals surface area contributed by atoms with Gasteiger partial charge >= 0.3 is 0 Å². The summed E-state index contributed by atoms with van der Waals surface area (Å²) in [5, 5.41) is 5.10. The number of hydrogen-bond acceptors (Lipinski definition) is 6. The Bertz CT molecular complexity index is 776. The molecule has 0 saturated carbocycles. The third-order valence-corrected chi connectivity index (χ3v) is 3.67. The Morgan fingerprint density at radius 1 is 1.12 bits per heavy atom. The number of halogens is 1. The van der Waals surface area contributed by atoms with Crippen molar-refractivity contribution in [3.63, 3.8) is 0 Å². The van der Waals surface area contributed by atoms with Gasteiger partial charge in [0.2, 0.25) is 12.7 Å². The van der Waals surface area contributed by atoms with Gasteiger partial charge in [-0.15, -0.1) is 0 Å². The van der Waals surface area contributed by atoms with Crippen molar-refractivity contribution in [2.45, 2.75) is 0 Å². The standard InChI is InChI=1S/C16H15BrN2O6/c17-14-4-3-12(25-14)16(21)19-8-15(20)18-5-6-22-10-1-2-11-13(7-10)24-9-23-11/h1-4,7H,5-6,8-9H2,(H,18,20)(H,19,21). The fraction of sp³-hybridized carbons (Fsp3) is 0.250. The number of furan rings is 1. The van der Waals surface area contributed by atoms with Crippen molar-refractivity contribution in [1.82, 2.24) is 10.6 Å². The molecule has 2 N–H and O–H groups in total. The molecule has 2 heterocycles. The van der Waals surface area contributed by atoms with Crippen molar-refractivity contribution >= 4 is 27.7 Å². The zero-order valence-electron chi connectivity index (χ0n) is 13.0. The van der Waals surface area contributed by atoms with Crippen LogP contribution in [-0.2, 0) is 4.79 Å². The summed E-state index contributed by atoms with van der Waals surface area (Å²) in [4.78, 5) is 23.4. The zero-order valence-corrected chi connectivity index (χ0v) is 14.6. The summed E-state index contributed by atoms with van der Waals surface area (Å²) in [5.74, 6) is 1.28. The average Bonchev–Trinajstić information content (AvgIpc) is 3.24. The van der Waals surface area contributed by atoms with Crippen LogP contribution in [-0.4, -0.2) is 38.3 Å². The quantitative estimate of drug-likeness (QED) is 0.673. The number of nitrogens with one attached hydrogen (secondary N) is 2. The first-order valence-electron chi connectivity index (χ1n) is 7.44. The summed E-state index contributed by atoms with van der Waals surface area (Å²) in [6.07, 6.45) is 0. The molecule has 1 aromatic carbocycles. The Hall–Kier alpha value is -2.68. The molecule has 2 amide bonds. The van der Waals surface area contributed by atoms with Gasteiger partial charge in [0.25, 0.3) is 5.91 Å². The minimum Gasteiger partial charge on any atom is -0.492 e. The van der Waals surface area contributed by atoms with E-state index >= 15 is 0 Å². The highest BCUT2D eigenvalue weighted by atomic mass is 79.9. The smallest absolute Gasteiger partial charge is 0.287 e. The third-order valence-electron chi connectivity index (χ3n) is 3.24. The van der Waals surface area contributed by atoms with Crippen LogP contribution in [0.25, 0.3) is 0 Å². The van der Waals surface area contributed by atoms with E-state index in [9.17, 15) is 9.59 Å². The molecule has 0 atom stereocenters. The molecule has 3 rings (SSSR count). The van der Waals surface area contributed by atoms with Crippen LogP contribution >= 0.6 is 15.9 Å². The van der Waals surface area contributed by atoms with Crippen molar-refractivity contribution in [3.05, 3.63) is 40.8 Å². The van der Waals surface area contributed by atoms with Gasteiger partial charge < -0.3 is 29.3 Å². The number of amides is 2. The number of benzene rings is 1. The number of hydrogen-bond donors (Lipinski definition) is 2. The molecule has 25 heavy (non-hydrogen) atoms. The van der Waals surface area contributed by atoms with E-state index in [4.69, 9.17) is 18.6 Å². The normalized spacial score (nSPS) is 11.9. The Morgan fingerprint density at radius 2 is 1.96 bits per heavy atom. The Morgan fingerprint density at radius 3 is 2.76 bits per heavy atom. The fourth-order valence-electron chi connectivity index (χ4n) is 2.07. The zero-order chi connectivity index (χ0) is 17.6. The summed E-state index contributed by atoms with van der Waals surface area (Å²) in [5.41, 5.74) is 0. The largest absolute Gasteiger partial charge is 0.492 e. The van der Waals surface area contributed by atoms with Crippen LogP contribution in [0.1, 0.15) is 10.6 Å². The molecule has 1 aromatic heterocycles. The molecule has 0 saturated heterocycles. The molecule has 0 aliphatic carbocycles. The number of fused-ring (bicyclic) bond motifs is 1. The lowest BCUT2D eigenvalue weighted by atomic mass is 10.3. The topological polar surface area (TPSA) is 99.0 Å². The molecule has 0 bridgehead atoms. The minimum absolute atomic E-state index is 0.130. The van der Waals surface area contributed by atoms with Crippen LogP contribution in [0.3, 0.4) is 0 Å². The van der Waals surface area contributed by atoms with Gasteiger partial charge in [-0.2, -0.15) is 0 Å². The van der Waals surface area contributed by atoms with Crippen molar-refractivity contribution in [2.75, 3.05) is 26.5 Å².